The van der Waals surface area contributed by atoms with Crippen molar-refractivity contribution in [2.75, 3.05) is 0 Å². The van der Waals surface area contributed by atoms with E-state index in [1.54, 1.807) is 0 Å². The van der Waals surface area contributed by atoms with Crippen molar-refractivity contribution < 1.29 is 15.3 Å². The molecule has 0 aliphatic heterocycles. The normalized spacial score (nSPS) is 12.8. The van der Waals surface area contributed by atoms with Crippen molar-refractivity contribution in [2.24, 2.45) is 0 Å². The van der Waals surface area contributed by atoms with Gasteiger partial charge in [0.2, 0.25) is 0 Å². The molecular weight excluding hydrogens is 380 g/mol. The van der Waals surface area contributed by atoms with E-state index in [2.05, 4.69) is 25.1 Å². The van der Waals surface area contributed by atoms with Crippen LogP contribution in [0.5, 0.6) is 0 Å². The molecule has 0 fully saturated rings. The van der Waals surface area contributed by atoms with Crippen molar-refractivity contribution >= 4 is 16.9 Å². The quantitative estimate of drug-likeness (QED) is 0.430. The number of rotatable bonds is 11. The standard InChI is InChI=1S/C25H34O3S/c1-4-20(8-7-15-25(28,5-2)6-3)24-14-13-23(29-24)12-10-19-9-11-21(17-26)22(16-19)18-27/h7-9,11,13-16,26-28H,4-6,10,12,17-18H2,1-3H3/b15-7+,20-8-. The first-order chi connectivity index (χ1) is 14.0. The maximum atomic E-state index is 10.4. The zero-order valence-corrected chi connectivity index (χ0v) is 18.6. The monoisotopic (exact) mass is 414 g/mol. The molecule has 3 N–H and O–H groups in total. The second-order valence-electron chi connectivity index (χ2n) is 7.40. The second kappa shape index (κ2) is 11.5. The first kappa shape index (κ1) is 23.6. The second-order valence-corrected chi connectivity index (χ2v) is 8.57. The van der Waals surface area contributed by atoms with Gasteiger partial charge in [0.15, 0.2) is 0 Å². The van der Waals surface area contributed by atoms with Gasteiger partial charge in [0.1, 0.15) is 0 Å². The molecule has 0 unspecified atom stereocenters. The van der Waals surface area contributed by atoms with Crippen molar-refractivity contribution in [2.45, 2.75) is 71.7 Å². The minimum Gasteiger partial charge on any atom is -0.392 e. The summed E-state index contributed by atoms with van der Waals surface area (Å²) in [5.74, 6) is 0. The highest BCUT2D eigenvalue weighted by Gasteiger charge is 2.17. The van der Waals surface area contributed by atoms with Crippen molar-refractivity contribution in [3.8, 4) is 0 Å². The van der Waals surface area contributed by atoms with E-state index in [4.69, 9.17) is 0 Å². The molecule has 3 nitrogen and oxygen atoms in total. The van der Waals surface area contributed by atoms with E-state index in [0.717, 1.165) is 43.2 Å². The van der Waals surface area contributed by atoms with E-state index in [1.807, 2.05) is 55.5 Å². The average Bonchev–Trinajstić information content (AvgIpc) is 3.23. The van der Waals surface area contributed by atoms with E-state index in [0.29, 0.717) is 0 Å². The number of hydrogen-bond acceptors (Lipinski definition) is 4. The highest BCUT2D eigenvalue weighted by Crippen LogP contribution is 2.28. The zero-order chi connectivity index (χ0) is 21.3. The van der Waals surface area contributed by atoms with Gasteiger partial charge in [-0.15, -0.1) is 11.3 Å². The molecule has 0 aliphatic carbocycles. The van der Waals surface area contributed by atoms with Gasteiger partial charge in [-0.25, -0.2) is 0 Å². The van der Waals surface area contributed by atoms with Gasteiger partial charge in [-0.2, -0.15) is 0 Å². The van der Waals surface area contributed by atoms with Crippen LogP contribution in [0, 0.1) is 0 Å². The van der Waals surface area contributed by atoms with Crippen molar-refractivity contribution in [1.82, 2.24) is 0 Å². The lowest BCUT2D eigenvalue weighted by molar-refractivity contribution is 0.0828. The van der Waals surface area contributed by atoms with Crippen LogP contribution in [-0.4, -0.2) is 20.9 Å². The smallest absolute Gasteiger partial charge is 0.0825 e. The maximum absolute atomic E-state index is 10.4. The van der Waals surface area contributed by atoms with E-state index in [1.165, 1.54) is 20.9 Å². The van der Waals surface area contributed by atoms with Crippen LogP contribution in [0.3, 0.4) is 0 Å². The number of aliphatic hydroxyl groups excluding tert-OH is 2. The number of hydrogen-bond donors (Lipinski definition) is 3. The van der Waals surface area contributed by atoms with Crippen LogP contribution in [0.4, 0.5) is 0 Å². The molecule has 1 heterocycles. The largest absolute Gasteiger partial charge is 0.392 e. The molecule has 29 heavy (non-hydrogen) atoms. The Kier molecular flexibility index (Phi) is 9.31. The van der Waals surface area contributed by atoms with Crippen LogP contribution in [0.25, 0.3) is 5.57 Å². The van der Waals surface area contributed by atoms with Gasteiger partial charge < -0.3 is 15.3 Å². The summed E-state index contributed by atoms with van der Waals surface area (Å²) in [6.45, 7) is 6.08. The predicted molar refractivity (Wildman–Crippen MR) is 123 cm³/mol. The van der Waals surface area contributed by atoms with Gasteiger partial charge in [0.25, 0.3) is 0 Å². The molecule has 0 atom stereocenters. The summed E-state index contributed by atoms with van der Waals surface area (Å²) in [5, 5.41) is 29.2. The molecule has 0 saturated carbocycles. The van der Waals surface area contributed by atoms with Gasteiger partial charge in [0.05, 0.1) is 18.8 Å². The third-order valence-corrected chi connectivity index (χ3v) is 6.78. The van der Waals surface area contributed by atoms with Gasteiger partial charge in [-0.3, -0.25) is 0 Å². The summed E-state index contributed by atoms with van der Waals surface area (Å²) >= 11 is 1.82. The predicted octanol–water partition coefficient (Wildman–Crippen LogP) is 5.42. The zero-order valence-electron chi connectivity index (χ0n) is 17.8. The maximum Gasteiger partial charge on any atom is 0.0825 e. The van der Waals surface area contributed by atoms with Crippen molar-refractivity contribution in [3.63, 3.8) is 0 Å². The molecular formula is C25H34O3S. The lowest BCUT2D eigenvalue weighted by Gasteiger charge is -2.19. The third kappa shape index (κ3) is 6.65. The Morgan fingerprint density at radius 3 is 2.31 bits per heavy atom. The first-order valence-corrected chi connectivity index (χ1v) is 11.3. The molecule has 2 aromatic rings. The highest BCUT2D eigenvalue weighted by molar-refractivity contribution is 7.13. The number of aryl methyl sites for hydroxylation is 2. The summed E-state index contributed by atoms with van der Waals surface area (Å²) in [6.07, 6.45) is 10.3. The van der Waals surface area contributed by atoms with Crippen LogP contribution in [0.15, 0.2) is 48.6 Å². The fraction of sp³-hybridized carbons (Fsp3) is 0.440. The summed E-state index contributed by atoms with van der Waals surface area (Å²) in [5.41, 5.74) is 3.34. The van der Waals surface area contributed by atoms with Crippen molar-refractivity contribution in [3.05, 3.63) is 75.0 Å². The molecule has 0 aliphatic rings. The number of allylic oxidation sites excluding steroid dienone is 3. The van der Waals surface area contributed by atoms with E-state index >= 15 is 0 Å². The Bertz CT molecular complexity index is 828. The Morgan fingerprint density at radius 1 is 0.966 bits per heavy atom. The first-order valence-electron chi connectivity index (χ1n) is 10.5. The van der Waals surface area contributed by atoms with E-state index in [-0.39, 0.29) is 13.2 Å². The Balaban J connectivity index is 2.05. The van der Waals surface area contributed by atoms with E-state index < -0.39 is 5.60 Å². The minimum absolute atomic E-state index is 0.0427. The van der Waals surface area contributed by atoms with Gasteiger partial charge in [-0.1, -0.05) is 57.2 Å². The lowest BCUT2D eigenvalue weighted by Crippen LogP contribution is -2.22. The van der Waals surface area contributed by atoms with Crippen LogP contribution in [-0.2, 0) is 26.1 Å². The molecule has 0 saturated heterocycles. The lowest BCUT2D eigenvalue weighted by atomic mass is 9.97. The molecule has 2 rings (SSSR count). The number of thiophene rings is 1. The SMILES string of the molecule is CC/C(=C/C=C/C(O)(CC)CC)c1ccc(CCc2ccc(CO)c(CO)c2)s1. The van der Waals surface area contributed by atoms with Gasteiger partial charge >= 0.3 is 0 Å². The fourth-order valence-corrected chi connectivity index (χ4v) is 4.39. The summed E-state index contributed by atoms with van der Waals surface area (Å²) < 4.78 is 0. The molecule has 0 amide bonds. The van der Waals surface area contributed by atoms with Crippen LogP contribution in [0.2, 0.25) is 0 Å². The topological polar surface area (TPSA) is 60.7 Å². The van der Waals surface area contributed by atoms with E-state index in [9.17, 15) is 15.3 Å². The molecule has 0 spiro atoms. The summed E-state index contributed by atoms with van der Waals surface area (Å²) in [7, 11) is 0. The van der Waals surface area contributed by atoms with Crippen LogP contribution < -0.4 is 0 Å². The Hall–Kier alpha value is -1.72. The highest BCUT2D eigenvalue weighted by atomic mass is 32.1. The molecule has 1 aromatic carbocycles. The Morgan fingerprint density at radius 2 is 1.69 bits per heavy atom. The molecule has 0 radical (unpaired) electrons. The van der Waals surface area contributed by atoms with Crippen molar-refractivity contribution in [1.29, 1.82) is 0 Å². The Labute approximate surface area is 179 Å². The summed E-state index contributed by atoms with van der Waals surface area (Å²) in [6, 6.07) is 10.3. The third-order valence-electron chi connectivity index (χ3n) is 5.56. The molecule has 4 heteroatoms. The van der Waals surface area contributed by atoms with Gasteiger partial charge in [-0.05, 0) is 66.5 Å². The molecule has 1 aromatic heterocycles. The average molecular weight is 415 g/mol. The number of benzene rings is 1. The van der Waals surface area contributed by atoms with Crippen LogP contribution >= 0.6 is 11.3 Å². The molecule has 158 valence electrons. The number of aliphatic hydroxyl groups is 3. The minimum atomic E-state index is -0.713. The van der Waals surface area contributed by atoms with Crippen LogP contribution in [0.1, 0.15) is 66.5 Å². The summed E-state index contributed by atoms with van der Waals surface area (Å²) in [4.78, 5) is 2.61. The van der Waals surface area contributed by atoms with Gasteiger partial charge in [0, 0.05) is 9.75 Å². The molecule has 0 bridgehead atoms. The fourth-order valence-electron chi connectivity index (χ4n) is 3.29.